The van der Waals surface area contributed by atoms with Gasteiger partial charge in [-0.1, -0.05) is 5.16 Å². The van der Waals surface area contributed by atoms with Gasteiger partial charge in [0.2, 0.25) is 0 Å². The van der Waals surface area contributed by atoms with Crippen molar-refractivity contribution in [2.75, 3.05) is 11.9 Å². The van der Waals surface area contributed by atoms with Crippen LogP contribution in [0, 0.1) is 0 Å². The summed E-state index contributed by atoms with van der Waals surface area (Å²) in [7, 11) is 0. The SMILES string of the molecule is O=C(NC[C@@H](c1ccco1)n1cccn1)C(=O)Nc1ccon1. The maximum atomic E-state index is 11.9. The maximum absolute atomic E-state index is 11.9. The lowest BCUT2D eigenvalue weighted by atomic mass is 10.2. The third-order valence-corrected chi connectivity index (χ3v) is 3.06. The summed E-state index contributed by atoms with van der Waals surface area (Å²) in [4.78, 5) is 23.6. The van der Waals surface area contributed by atoms with Crippen LogP contribution in [0.15, 0.2) is 58.1 Å². The van der Waals surface area contributed by atoms with E-state index in [1.54, 1.807) is 35.3 Å². The van der Waals surface area contributed by atoms with E-state index in [4.69, 9.17) is 4.42 Å². The van der Waals surface area contributed by atoms with E-state index in [0.717, 1.165) is 0 Å². The summed E-state index contributed by atoms with van der Waals surface area (Å²) in [5.41, 5.74) is 0. The van der Waals surface area contributed by atoms with Crippen molar-refractivity contribution in [3.63, 3.8) is 0 Å². The van der Waals surface area contributed by atoms with Gasteiger partial charge in [0.25, 0.3) is 0 Å². The molecule has 0 spiro atoms. The Morgan fingerprint density at radius 1 is 1.22 bits per heavy atom. The molecule has 9 nitrogen and oxygen atoms in total. The van der Waals surface area contributed by atoms with Crippen LogP contribution in [-0.4, -0.2) is 33.3 Å². The first-order valence-electron chi connectivity index (χ1n) is 6.76. The van der Waals surface area contributed by atoms with Crippen molar-refractivity contribution in [2.45, 2.75) is 6.04 Å². The normalized spacial score (nSPS) is 11.8. The summed E-state index contributed by atoms with van der Waals surface area (Å²) >= 11 is 0. The van der Waals surface area contributed by atoms with Crippen LogP contribution in [0.2, 0.25) is 0 Å². The molecule has 3 heterocycles. The quantitative estimate of drug-likeness (QED) is 0.673. The molecule has 0 fully saturated rings. The van der Waals surface area contributed by atoms with E-state index in [9.17, 15) is 9.59 Å². The lowest BCUT2D eigenvalue weighted by Crippen LogP contribution is -2.39. The number of nitrogens with one attached hydrogen (secondary N) is 2. The third-order valence-electron chi connectivity index (χ3n) is 3.06. The van der Waals surface area contributed by atoms with Crippen LogP contribution in [-0.2, 0) is 9.59 Å². The molecule has 9 heteroatoms. The van der Waals surface area contributed by atoms with Crippen molar-refractivity contribution in [1.82, 2.24) is 20.3 Å². The van der Waals surface area contributed by atoms with Crippen molar-refractivity contribution in [2.24, 2.45) is 0 Å². The third kappa shape index (κ3) is 3.46. The van der Waals surface area contributed by atoms with Crippen molar-refractivity contribution < 1.29 is 18.5 Å². The van der Waals surface area contributed by atoms with Crippen LogP contribution in [0.4, 0.5) is 5.82 Å². The van der Waals surface area contributed by atoms with E-state index < -0.39 is 11.8 Å². The number of carbonyl (C=O) groups excluding carboxylic acids is 2. The summed E-state index contributed by atoms with van der Waals surface area (Å²) in [6, 6.07) is 6.35. The Kier molecular flexibility index (Phi) is 4.18. The molecule has 0 aromatic carbocycles. The average Bonchev–Trinajstić information content (AvgIpc) is 3.31. The molecule has 2 N–H and O–H groups in total. The molecular weight excluding hydrogens is 302 g/mol. The molecule has 3 rings (SSSR count). The summed E-state index contributed by atoms with van der Waals surface area (Å²) in [5.74, 6) is -0.847. The van der Waals surface area contributed by atoms with Gasteiger partial charge in [0.15, 0.2) is 5.82 Å². The van der Waals surface area contributed by atoms with Gasteiger partial charge in [0, 0.05) is 25.0 Å². The lowest BCUT2D eigenvalue weighted by Gasteiger charge is -2.15. The number of rotatable bonds is 5. The molecule has 1 atom stereocenters. The van der Waals surface area contributed by atoms with Gasteiger partial charge in [0.1, 0.15) is 18.1 Å². The van der Waals surface area contributed by atoms with Crippen molar-refractivity contribution in [1.29, 1.82) is 0 Å². The lowest BCUT2D eigenvalue weighted by molar-refractivity contribution is -0.136. The van der Waals surface area contributed by atoms with Gasteiger partial charge < -0.3 is 14.3 Å². The van der Waals surface area contributed by atoms with Crippen LogP contribution < -0.4 is 10.6 Å². The van der Waals surface area contributed by atoms with Crippen LogP contribution in [0.5, 0.6) is 0 Å². The van der Waals surface area contributed by atoms with Gasteiger partial charge in [-0.3, -0.25) is 19.6 Å². The van der Waals surface area contributed by atoms with E-state index in [0.29, 0.717) is 5.76 Å². The molecule has 0 aliphatic rings. The van der Waals surface area contributed by atoms with Crippen molar-refractivity contribution in [3.8, 4) is 0 Å². The molecular formula is C14H13N5O4. The van der Waals surface area contributed by atoms with Gasteiger partial charge in [-0.2, -0.15) is 5.10 Å². The molecule has 2 amide bonds. The second-order valence-corrected chi connectivity index (χ2v) is 4.57. The first-order chi connectivity index (χ1) is 11.2. The second kappa shape index (κ2) is 6.60. The smallest absolute Gasteiger partial charge is 0.314 e. The number of hydrogen-bond acceptors (Lipinski definition) is 6. The van der Waals surface area contributed by atoms with Crippen LogP contribution >= 0.6 is 0 Å². The number of amides is 2. The fraction of sp³-hybridized carbons (Fsp3) is 0.143. The minimum absolute atomic E-state index is 0.139. The highest BCUT2D eigenvalue weighted by Gasteiger charge is 2.21. The Balaban J connectivity index is 1.62. The first kappa shape index (κ1) is 14.6. The standard InChI is InChI=1S/C14H13N5O4/c20-13(14(21)17-12-4-8-23-18-12)15-9-10(11-3-1-7-22-11)19-6-2-5-16-19/h1-8,10H,9H2,(H,15,20)(H,17,18,21)/t10-/m0/s1. The predicted octanol–water partition coefficient (Wildman–Crippen LogP) is 0.808. The van der Waals surface area contributed by atoms with Gasteiger partial charge in [-0.05, 0) is 18.2 Å². The summed E-state index contributed by atoms with van der Waals surface area (Å²) in [6.45, 7) is 0.139. The predicted molar refractivity (Wildman–Crippen MR) is 77.2 cm³/mol. The molecule has 0 saturated carbocycles. The van der Waals surface area contributed by atoms with E-state index in [1.807, 2.05) is 0 Å². The monoisotopic (exact) mass is 315 g/mol. The molecule has 0 saturated heterocycles. The van der Waals surface area contributed by atoms with Gasteiger partial charge in [-0.15, -0.1) is 0 Å². The van der Waals surface area contributed by atoms with Crippen LogP contribution in [0.1, 0.15) is 11.8 Å². The first-order valence-corrected chi connectivity index (χ1v) is 6.76. The summed E-state index contributed by atoms with van der Waals surface area (Å²) in [6.07, 6.45) is 6.19. The number of carbonyl (C=O) groups is 2. The topological polar surface area (TPSA) is 115 Å². The number of hydrogen-bond donors (Lipinski definition) is 2. The molecule has 0 bridgehead atoms. The van der Waals surface area contributed by atoms with E-state index in [-0.39, 0.29) is 18.4 Å². The summed E-state index contributed by atoms with van der Waals surface area (Å²) < 4.78 is 11.6. The Labute approximate surface area is 130 Å². The van der Waals surface area contributed by atoms with Crippen molar-refractivity contribution >= 4 is 17.6 Å². The van der Waals surface area contributed by atoms with E-state index in [2.05, 4.69) is 25.4 Å². The highest BCUT2D eigenvalue weighted by atomic mass is 16.5. The van der Waals surface area contributed by atoms with Gasteiger partial charge in [0.05, 0.1) is 6.26 Å². The second-order valence-electron chi connectivity index (χ2n) is 4.57. The highest BCUT2D eigenvalue weighted by molar-refractivity contribution is 6.39. The Bertz CT molecular complexity index is 715. The Morgan fingerprint density at radius 2 is 2.13 bits per heavy atom. The zero-order chi connectivity index (χ0) is 16.1. The van der Waals surface area contributed by atoms with Gasteiger partial charge >= 0.3 is 11.8 Å². The molecule has 3 aromatic heterocycles. The Morgan fingerprint density at radius 3 is 2.78 bits per heavy atom. The maximum Gasteiger partial charge on any atom is 0.314 e. The minimum atomic E-state index is -0.836. The molecule has 0 unspecified atom stereocenters. The number of nitrogens with zero attached hydrogens (tertiary/aromatic N) is 3. The molecule has 3 aromatic rings. The molecule has 0 aliphatic carbocycles. The molecule has 23 heavy (non-hydrogen) atoms. The van der Waals surface area contributed by atoms with Crippen LogP contribution in [0.3, 0.4) is 0 Å². The molecule has 0 aliphatic heterocycles. The zero-order valence-electron chi connectivity index (χ0n) is 11.9. The van der Waals surface area contributed by atoms with E-state index >= 15 is 0 Å². The summed E-state index contributed by atoms with van der Waals surface area (Å²) in [5, 5.41) is 12.5. The zero-order valence-corrected chi connectivity index (χ0v) is 11.9. The minimum Gasteiger partial charge on any atom is -0.467 e. The number of anilines is 1. The average molecular weight is 315 g/mol. The fourth-order valence-electron chi connectivity index (χ4n) is 1.99. The van der Waals surface area contributed by atoms with Crippen LogP contribution in [0.25, 0.3) is 0 Å². The number of furan rings is 1. The van der Waals surface area contributed by atoms with E-state index in [1.165, 1.54) is 18.6 Å². The van der Waals surface area contributed by atoms with Crippen molar-refractivity contribution in [3.05, 3.63) is 54.9 Å². The molecule has 0 radical (unpaired) electrons. The molecule has 118 valence electrons. The largest absolute Gasteiger partial charge is 0.467 e. The number of aromatic nitrogens is 3. The highest BCUT2D eigenvalue weighted by Crippen LogP contribution is 2.17. The Hall–Kier alpha value is -3.36. The van der Waals surface area contributed by atoms with Gasteiger partial charge in [-0.25, -0.2) is 0 Å². The fourth-order valence-corrected chi connectivity index (χ4v) is 1.99.